The molecule has 7 heteroatoms. The van der Waals surface area contributed by atoms with Crippen LogP contribution in [0, 0.1) is 0 Å². The number of halogens is 1. The molecule has 0 fully saturated rings. The molecule has 0 saturated heterocycles. The van der Waals surface area contributed by atoms with E-state index in [2.05, 4.69) is 25.9 Å². The predicted octanol–water partition coefficient (Wildman–Crippen LogP) is -1.43. The van der Waals surface area contributed by atoms with Gasteiger partial charge in [-0.3, -0.25) is 4.21 Å². The molecule has 0 radical (unpaired) electrons. The van der Waals surface area contributed by atoms with E-state index in [1.54, 1.807) is 12.3 Å². The minimum atomic E-state index is -2.22. The van der Waals surface area contributed by atoms with Gasteiger partial charge in [0.25, 0.3) is 0 Å². The maximum absolute atomic E-state index is 10.7. The third kappa shape index (κ3) is 2.26. The zero-order chi connectivity index (χ0) is 9.42. The summed E-state index contributed by atoms with van der Waals surface area (Å²) in [6.45, 7) is 0. The Kier molecular flexibility index (Phi) is 4.30. The maximum atomic E-state index is 10.7. The molecule has 4 nitrogen and oxygen atoms in total. The molecule has 1 unspecified atom stereocenters. The van der Waals surface area contributed by atoms with Gasteiger partial charge in [-0.25, -0.2) is 4.98 Å². The molecule has 0 bridgehead atoms. The Morgan fingerprint density at radius 2 is 2.29 bits per heavy atom. The van der Waals surface area contributed by atoms with Crippen LogP contribution in [0.25, 0.3) is 11.0 Å². The SMILES string of the molecule is O=S([O-])c1c[nH]c2ncc(Br)cc12.[Na+]. The van der Waals surface area contributed by atoms with Gasteiger partial charge in [0, 0.05) is 22.3 Å². The molecule has 14 heavy (non-hydrogen) atoms. The minimum Gasteiger partial charge on any atom is -0.768 e. The van der Waals surface area contributed by atoms with E-state index in [4.69, 9.17) is 0 Å². The smallest absolute Gasteiger partial charge is 0.768 e. The molecular formula is C7H4BrN2NaO2S. The van der Waals surface area contributed by atoms with Gasteiger partial charge >= 0.3 is 29.6 Å². The Bertz CT molecular complexity index is 487. The van der Waals surface area contributed by atoms with E-state index >= 15 is 0 Å². The fourth-order valence-electron chi connectivity index (χ4n) is 1.09. The third-order valence-electron chi connectivity index (χ3n) is 1.64. The normalized spacial score (nSPS) is 12.4. The van der Waals surface area contributed by atoms with Crippen molar-refractivity contribution in [1.29, 1.82) is 0 Å². The summed E-state index contributed by atoms with van der Waals surface area (Å²) in [4.78, 5) is 7.02. The van der Waals surface area contributed by atoms with Crippen LogP contribution in [0.2, 0.25) is 0 Å². The summed E-state index contributed by atoms with van der Waals surface area (Å²) in [5, 5.41) is 0.600. The number of hydrogen-bond donors (Lipinski definition) is 1. The predicted molar refractivity (Wildman–Crippen MR) is 51.0 cm³/mol. The van der Waals surface area contributed by atoms with Crippen molar-refractivity contribution in [3.8, 4) is 0 Å². The fourth-order valence-corrected chi connectivity index (χ4v) is 1.91. The third-order valence-corrected chi connectivity index (χ3v) is 2.77. The van der Waals surface area contributed by atoms with Crippen LogP contribution < -0.4 is 29.6 Å². The summed E-state index contributed by atoms with van der Waals surface area (Å²) < 4.78 is 22.2. The molecule has 0 spiro atoms. The Hall–Kier alpha value is 0.280. The van der Waals surface area contributed by atoms with Gasteiger partial charge < -0.3 is 9.54 Å². The zero-order valence-electron chi connectivity index (χ0n) is 7.28. The quantitative estimate of drug-likeness (QED) is 0.515. The van der Waals surface area contributed by atoms with E-state index in [9.17, 15) is 8.76 Å². The van der Waals surface area contributed by atoms with Crippen LogP contribution >= 0.6 is 15.9 Å². The van der Waals surface area contributed by atoms with E-state index < -0.39 is 11.1 Å². The summed E-state index contributed by atoms with van der Waals surface area (Å²) in [7, 11) is 0. The van der Waals surface area contributed by atoms with Gasteiger partial charge in [-0.2, -0.15) is 0 Å². The van der Waals surface area contributed by atoms with Gasteiger partial charge in [-0.05, 0) is 33.1 Å². The number of pyridine rings is 1. The maximum Gasteiger partial charge on any atom is 1.00 e. The average molecular weight is 283 g/mol. The first-order valence-corrected chi connectivity index (χ1v) is 5.27. The van der Waals surface area contributed by atoms with Crippen LogP contribution in [0.1, 0.15) is 0 Å². The molecule has 1 N–H and O–H groups in total. The van der Waals surface area contributed by atoms with Crippen molar-refractivity contribution in [3.63, 3.8) is 0 Å². The average Bonchev–Trinajstić information content (AvgIpc) is 2.46. The largest absolute Gasteiger partial charge is 1.00 e. The van der Waals surface area contributed by atoms with Gasteiger partial charge in [0.05, 0.1) is 4.90 Å². The zero-order valence-corrected chi connectivity index (χ0v) is 11.7. The number of aromatic amines is 1. The van der Waals surface area contributed by atoms with Crippen molar-refractivity contribution in [2.45, 2.75) is 4.90 Å². The molecule has 2 aromatic heterocycles. The van der Waals surface area contributed by atoms with E-state index in [1.807, 2.05) is 0 Å². The second kappa shape index (κ2) is 4.87. The van der Waals surface area contributed by atoms with Gasteiger partial charge in [-0.15, -0.1) is 0 Å². The van der Waals surface area contributed by atoms with Gasteiger partial charge in [0.2, 0.25) is 0 Å². The van der Waals surface area contributed by atoms with Crippen molar-refractivity contribution in [3.05, 3.63) is 22.9 Å². The Morgan fingerprint density at radius 1 is 1.57 bits per heavy atom. The molecule has 68 valence electrons. The number of fused-ring (bicyclic) bond motifs is 1. The topological polar surface area (TPSA) is 68.8 Å². The van der Waals surface area contributed by atoms with Crippen LogP contribution in [0.4, 0.5) is 0 Å². The second-order valence-electron chi connectivity index (χ2n) is 2.44. The van der Waals surface area contributed by atoms with Crippen molar-refractivity contribution in [1.82, 2.24) is 9.97 Å². The number of nitrogens with zero attached hydrogens (tertiary/aromatic N) is 1. The first-order valence-electron chi connectivity index (χ1n) is 3.40. The number of hydrogen-bond acceptors (Lipinski definition) is 3. The van der Waals surface area contributed by atoms with E-state index in [-0.39, 0.29) is 34.5 Å². The van der Waals surface area contributed by atoms with Crippen molar-refractivity contribution < 1.29 is 38.3 Å². The second-order valence-corrected chi connectivity index (χ2v) is 4.26. The van der Waals surface area contributed by atoms with E-state index in [0.717, 1.165) is 4.47 Å². The molecule has 2 aromatic rings. The molecule has 0 aliphatic heterocycles. The first-order chi connectivity index (χ1) is 6.18. The van der Waals surface area contributed by atoms with Crippen LogP contribution in [0.5, 0.6) is 0 Å². The molecule has 2 heterocycles. The van der Waals surface area contributed by atoms with Crippen LogP contribution in [-0.4, -0.2) is 18.7 Å². The Labute approximate surface area is 113 Å². The molecule has 0 amide bonds. The number of aromatic nitrogens is 2. The molecule has 0 aliphatic carbocycles. The summed E-state index contributed by atoms with van der Waals surface area (Å²) in [5.41, 5.74) is 0.572. The molecule has 0 saturated carbocycles. The van der Waals surface area contributed by atoms with E-state index in [0.29, 0.717) is 11.0 Å². The summed E-state index contributed by atoms with van der Waals surface area (Å²) in [6, 6.07) is 1.71. The van der Waals surface area contributed by atoms with Crippen LogP contribution in [0.15, 0.2) is 27.8 Å². The van der Waals surface area contributed by atoms with Crippen LogP contribution in [-0.2, 0) is 11.1 Å². The summed E-state index contributed by atoms with van der Waals surface area (Å²) in [5.74, 6) is 0. The van der Waals surface area contributed by atoms with E-state index in [1.165, 1.54) is 6.20 Å². The van der Waals surface area contributed by atoms with Gasteiger partial charge in [0.1, 0.15) is 5.65 Å². The van der Waals surface area contributed by atoms with Crippen LogP contribution in [0.3, 0.4) is 0 Å². The molecule has 0 aromatic carbocycles. The molecule has 2 rings (SSSR count). The monoisotopic (exact) mass is 282 g/mol. The number of rotatable bonds is 1. The minimum absolute atomic E-state index is 0. The summed E-state index contributed by atoms with van der Waals surface area (Å²) >= 11 is 1.00. The fraction of sp³-hybridized carbons (Fsp3) is 0. The number of nitrogens with one attached hydrogen (secondary N) is 1. The van der Waals surface area contributed by atoms with Crippen molar-refractivity contribution in [2.75, 3.05) is 0 Å². The van der Waals surface area contributed by atoms with Gasteiger partial charge in [0.15, 0.2) is 0 Å². The molecular weight excluding hydrogens is 279 g/mol. The Balaban J connectivity index is 0.000000980. The standard InChI is InChI=1S/C7H5BrN2O2S.Na/c8-4-1-5-6(13(11)12)3-10-7(5)9-2-4;/h1-3H,(H,9,10)(H,11,12);/q;+1/p-1. The Morgan fingerprint density at radius 3 is 2.93 bits per heavy atom. The van der Waals surface area contributed by atoms with Crippen molar-refractivity contribution in [2.24, 2.45) is 0 Å². The first kappa shape index (κ1) is 12.4. The number of H-pyrrole nitrogens is 1. The summed E-state index contributed by atoms with van der Waals surface area (Å²) in [6.07, 6.45) is 3.03. The van der Waals surface area contributed by atoms with Crippen molar-refractivity contribution >= 4 is 38.0 Å². The van der Waals surface area contributed by atoms with Gasteiger partial charge in [-0.1, -0.05) is 0 Å². The molecule has 1 atom stereocenters. The molecule has 0 aliphatic rings.